The second kappa shape index (κ2) is 6.59. The number of aryl methyl sites for hydroxylation is 3. The second-order valence-corrected chi connectivity index (χ2v) is 7.03. The van der Waals surface area contributed by atoms with Crippen molar-refractivity contribution in [2.75, 3.05) is 5.32 Å². The van der Waals surface area contributed by atoms with Gasteiger partial charge in [-0.3, -0.25) is 4.68 Å². The zero-order valence-corrected chi connectivity index (χ0v) is 16.3. The van der Waals surface area contributed by atoms with E-state index >= 15 is 0 Å². The monoisotopic (exact) mass is 385 g/mol. The van der Waals surface area contributed by atoms with E-state index in [1.165, 1.54) is 0 Å². The third kappa shape index (κ3) is 3.04. The molecule has 0 saturated carbocycles. The number of benzene rings is 1. The van der Waals surface area contributed by atoms with Crippen LogP contribution in [0.5, 0.6) is 0 Å². The molecule has 0 bridgehead atoms. The summed E-state index contributed by atoms with van der Waals surface area (Å²) < 4.78 is 7.67. The van der Waals surface area contributed by atoms with Gasteiger partial charge in [-0.25, -0.2) is 4.98 Å². The van der Waals surface area contributed by atoms with Crippen molar-refractivity contribution in [2.24, 2.45) is 7.05 Å². The molecule has 0 saturated heterocycles. The van der Waals surface area contributed by atoms with Crippen LogP contribution in [0, 0.1) is 13.8 Å². The van der Waals surface area contributed by atoms with Crippen molar-refractivity contribution < 1.29 is 4.42 Å². The fraction of sp³-hybridized carbons (Fsp3) is 0.143. The van der Waals surface area contributed by atoms with Gasteiger partial charge in [0.2, 0.25) is 0 Å². The Morgan fingerprint density at radius 3 is 2.66 bits per heavy atom. The van der Waals surface area contributed by atoms with Gasteiger partial charge in [0.05, 0.1) is 11.8 Å². The van der Waals surface area contributed by atoms with Crippen LogP contribution in [-0.4, -0.2) is 29.9 Å². The van der Waals surface area contributed by atoms with Crippen LogP contribution in [0.1, 0.15) is 11.1 Å². The molecule has 0 amide bonds. The molecule has 4 heterocycles. The van der Waals surface area contributed by atoms with Crippen molar-refractivity contribution in [2.45, 2.75) is 13.8 Å². The molecule has 0 aliphatic carbocycles. The molecule has 4 aromatic heterocycles. The Morgan fingerprint density at radius 1 is 1.07 bits per heavy atom. The lowest BCUT2D eigenvalue weighted by Crippen LogP contribution is -1.95. The molecule has 1 aromatic carbocycles. The van der Waals surface area contributed by atoms with Gasteiger partial charge in [0.15, 0.2) is 0 Å². The van der Waals surface area contributed by atoms with Crippen LogP contribution in [0.25, 0.3) is 33.6 Å². The average Bonchev–Trinajstić information content (AvgIpc) is 3.43. The van der Waals surface area contributed by atoms with E-state index in [2.05, 4.69) is 30.6 Å². The smallest absolute Gasteiger partial charge is 0.320 e. The standard InChI is InChI=1S/C21H19N7O/c1-12-5-4-6-13(2)18(12)25-21-27-26-20(29-21)17-10-23-19-16(17)7-14(8-22-19)15-9-24-28(3)11-15/h4-11H,1-3H3,(H,22,23)(H,25,27). The molecule has 144 valence electrons. The molecular formula is C21H19N7O. The number of H-pyrrole nitrogens is 1. The summed E-state index contributed by atoms with van der Waals surface area (Å²) in [5.74, 6) is 0.426. The first kappa shape index (κ1) is 17.2. The number of hydrogen-bond acceptors (Lipinski definition) is 6. The fourth-order valence-corrected chi connectivity index (χ4v) is 3.41. The van der Waals surface area contributed by atoms with Crippen molar-refractivity contribution in [3.05, 3.63) is 60.2 Å². The van der Waals surface area contributed by atoms with Gasteiger partial charge < -0.3 is 14.7 Å². The molecule has 0 atom stereocenters. The van der Waals surface area contributed by atoms with Gasteiger partial charge in [0.1, 0.15) is 5.65 Å². The average molecular weight is 385 g/mol. The van der Waals surface area contributed by atoms with Crippen LogP contribution < -0.4 is 5.32 Å². The summed E-state index contributed by atoms with van der Waals surface area (Å²) in [6.07, 6.45) is 7.42. The number of rotatable bonds is 4. The molecule has 5 aromatic rings. The SMILES string of the molecule is Cc1cccc(C)c1Nc1nnc(-c2c[nH]c3ncc(-c4cnn(C)c4)cc23)o1. The topological polar surface area (TPSA) is 97.5 Å². The summed E-state index contributed by atoms with van der Waals surface area (Å²) in [6.45, 7) is 4.08. The van der Waals surface area contributed by atoms with Crippen molar-refractivity contribution in [3.8, 4) is 22.6 Å². The lowest BCUT2D eigenvalue weighted by molar-refractivity contribution is 0.588. The molecule has 0 radical (unpaired) electrons. The number of aromatic nitrogens is 6. The zero-order valence-electron chi connectivity index (χ0n) is 16.3. The maximum absolute atomic E-state index is 5.90. The first-order valence-electron chi connectivity index (χ1n) is 9.22. The minimum absolute atomic E-state index is 0.350. The first-order chi connectivity index (χ1) is 14.1. The minimum Gasteiger partial charge on any atom is -0.403 e. The Bertz CT molecular complexity index is 1310. The molecular weight excluding hydrogens is 366 g/mol. The van der Waals surface area contributed by atoms with Crippen molar-refractivity contribution in [1.82, 2.24) is 29.9 Å². The van der Waals surface area contributed by atoms with Gasteiger partial charge in [-0.05, 0) is 31.0 Å². The third-order valence-electron chi connectivity index (χ3n) is 4.94. The number of hydrogen-bond donors (Lipinski definition) is 2. The zero-order chi connectivity index (χ0) is 20.0. The van der Waals surface area contributed by atoms with Crippen molar-refractivity contribution in [3.63, 3.8) is 0 Å². The third-order valence-corrected chi connectivity index (χ3v) is 4.94. The number of aromatic amines is 1. The van der Waals surface area contributed by atoms with Crippen LogP contribution in [0.15, 0.2) is 53.5 Å². The molecule has 0 aliphatic heterocycles. The Labute approximate surface area is 166 Å². The highest BCUT2D eigenvalue weighted by atomic mass is 16.4. The number of anilines is 2. The van der Waals surface area contributed by atoms with Crippen LogP contribution >= 0.6 is 0 Å². The first-order valence-corrected chi connectivity index (χ1v) is 9.22. The number of para-hydroxylation sites is 1. The number of fused-ring (bicyclic) bond motifs is 1. The maximum Gasteiger partial charge on any atom is 0.320 e. The Balaban J connectivity index is 1.51. The summed E-state index contributed by atoms with van der Waals surface area (Å²) in [6, 6.07) is 8.50. The molecule has 8 nitrogen and oxygen atoms in total. The normalized spacial score (nSPS) is 11.3. The van der Waals surface area contributed by atoms with Gasteiger partial charge in [-0.15, -0.1) is 5.10 Å². The van der Waals surface area contributed by atoms with Gasteiger partial charge >= 0.3 is 6.01 Å². The van der Waals surface area contributed by atoms with Crippen molar-refractivity contribution >= 4 is 22.7 Å². The van der Waals surface area contributed by atoms with E-state index in [0.29, 0.717) is 11.9 Å². The Hall–Kier alpha value is -3.94. The van der Waals surface area contributed by atoms with Gasteiger partial charge in [-0.1, -0.05) is 23.3 Å². The van der Waals surface area contributed by atoms with Gasteiger partial charge in [-0.2, -0.15) is 5.10 Å². The van der Waals surface area contributed by atoms with E-state index in [9.17, 15) is 0 Å². The summed E-state index contributed by atoms with van der Waals surface area (Å²) in [5.41, 5.74) is 6.73. The summed E-state index contributed by atoms with van der Waals surface area (Å²) in [7, 11) is 1.89. The van der Waals surface area contributed by atoms with Gasteiger partial charge in [0.25, 0.3) is 5.89 Å². The molecule has 2 N–H and O–H groups in total. The molecule has 5 rings (SSSR count). The van der Waals surface area contributed by atoms with Gasteiger partial charge in [0, 0.05) is 47.8 Å². The minimum atomic E-state index is 0.350. The lowest BCUT2D eigenvalue weighted by atomic mass is 10.1. The fourth-order valence-electron chi connectivity index (χ4n) is 3.41. The molecule has 0 unspecified atom stereocenters. The Kier molecular flexibility index (Phi) is 3.90. The molecule has 8 heteroatoms. The highest BCUT2D eigenvalue weighted by Gasteiger charge is 2.16. The molecule has 29 heavy (non-hydrogen) atoms. The molecule has 0 spiro atoms. The van der Waals surface area contributed by atoms with E-state index < -0.39 is 0 Å². The van der Waals surface area contributed by atoms with Crippen LogP contribution in [0.2, 0.25) is 0 Å². The quantitative estimate of drug-likeness (QED) is 0.477. The lowest BCUT2D eigenvalue weighted by Gasteiger charge is -2.08. The van der Waals surface area contributed by atoms with E-state index in [1.807, 2.05) is 69.9 Å². The van der Waals surface area contributed by atoms with Crippen LogP contribution in [0.3, 0.4) is 0 Å². The highest BCUT2D eigenvalue weighted by Crippen LogP contribution is 2.32. The van der Waals surface area contributed by atoms with Crippen LogP contribution in [0.4, 0.5) is 11.7 Å². The van der Waals surface area contributed by atoms with Crippen LogP contribution in [-0.2, 0) is 7.05 Å². The summed E-state index contributed by atoms with van der Waals surface area (Å²) in [5, 5.41) is 16.8. The maximum atomic E-state index is 5.90. The predicted octanol–water partition coefficient (Wildman–Crippen LogP) is 4.37. The molecule has 0 fully saturated rings. The van der Waals surface area contributed by atoms with E-state index in [1.54, 1.807) is 4.68 Å². The largest absolute Gasteiger partial charge is 0.403 e. The predicted molar refractivity (Wildman–Crippen MR) is 111 cm³/mol. The summed E-state index contributed by atoms with van der Waals surface area (Å²) >= 11 is 0. The van der Waals surface area contributed by atoms with Crippen molar-refractivity contribution in [1.29, 1.82) is 0 Å². The van der Waals surface area contributed by atoms with E-state index in [0.717, 1.165) is 44.5 Å². The second-order valence-electron chi connectivity index (χ2n) is 7.03. The molecule has 0 aliphatic rings. The number of nitrogens with one attached hydrogen (secondary N) is 2. The van der Waals surface area contributed by atoms with E-state index in [4.69, 9.17) is 4.42 Å². The Morgan fingerprint density at radius 2 is 1.90 bits per heavy atom. The summed E-state index contributed by atoms with van der Waals surface area (Å²) in [4.78, 5) is 7.68. The van der Waals surface area contributed by atoms with E-state index in [-0.39, 0.29) is 0 Å². The highest BCUT2D eigenvalue weighted by molar-refractivity contribution is 5.93. The number of pyridine rings is 1. The number of nitrogens with zero attached hydrogens (tertiary/aromatic N) is 5.